The molecule has 0 aromatic heterocycles. The molecule has 0 bridgehead atoms. The van der Waals surface area contributed by atoms with Gasteiger partial charge in [-0.05, 0) is 68.6 Å². The lowest BCUT2D eigenvalue weighted by Crippen LogP contribution is -2.60. The molecule has 4 aliphatic rings. The van der Waals surface area contributed by atoms with E-state index >= 15 is 0 Å². The minimum absolute atomic E-state index is 0.0857. The van der Waals surface area contributed by atoms with Crippen LogP contribution in [-0.2, 0) is 9.59 Å². The minimum atomic E-state index is -0.631. The van der Waals surface area contributed by atoms with Gasteiger partial charge >= 0.3 is 5.97 Å². The van der Waals surface area contributed by atoms with Gasteiger partial charge in [0.25, 0.3) is 0 Å². The molecular weight excluding hydrogens is 340 g/mol. The average Bonchev–Trinajstić information content (AvgIpc) is 2.98. The van der Waals surface area contributed by atoms with Crippen LogP contribution >= 0.6 is 0 Å². The first-order chi connectivity index (χ1) is 12.7. The van der Waals surface area contributed by atoms with Gasteiger partial charge in [0.2, 0.25) is 5.91 Å². The topological polar surface area (TPSA) is 90.2 Å². The number of carbonyl (C=O) groups is 2. The Morgan fingerprint density at radius 1 is 1.26 bits per heavy atom. The molecule has 0 radical (unpaired) electrons. The van der Waals surface area contributed by atoms with E-state index in [0.29, 0.717) is 23.3 Å². The third kappa shape index (κ3) is 2.48. The van der Waals surface area contributed by atoms with E-state index < -0.39 is 11.9 Å². The highest BCUT2D eigenvalue weighted by Crippen LogP contribution is 2.65. The Balaban J connectivity index is 1.70. The number of carboxylic acid groups (broad SMARTS) is 1. The quantitative estimate of drug-likeness (QED) is 0.778. The number of nitrogens with zero attached hydrogens (tertiary/aromatic N) is 1. The van der Waals surface area contributed by atoms with Gasteiger partial charge in [0.1, 0.15) is 0 Å². The van der Waals surface area contributed by atoms with Crippen molar-refractivity contribution < 1.29 is 14.7 Å². The summed E-state index contributed by atoms with van der Waals surface area (Å²) in [5, 5.41) is 22.2. The maximum absolute atomic E-state index is 12.5. The second-order valence-electron chi connectivity index (χ2n) is 9.81. The Labute approximate surface area is 161 Å². The Morgan fingerprint density at radius 3 is 2.67 bits per heavy atom. The van der Waals surface area contributed by atoms with E-state index in [-0.39, 0.29) is 28.7 Å². The molecule has 0 aromatic carbocycles. The predicted molar refractivity (Wildman–Crippen MR) is 100 cm³/mol. The fourth-order valence-corrected chi connectivity index (χ4v) is 7.27. The SMILES string of the molecule is CC(C#N)C1=C[C@@]2(C)[C@@H](CC[C@@H]3[C@@H]2CC[C@]2(C)[C@@H](C(=O)O)CC[C@@H]32)NC1=O. The highest BCUT2D eigenvalue weighted by molar-refractivity contribution is 5.95. The molecular formula is C22H30N2O3. The molecule has 3 aliphatic carbocycles. The van der Waals surface area contributed by atoms with Crippen LogP contribution in [0.4, 0.5) is 0 Å². The zero-order valence-corrected chi connectivity index (χ0v) is 16.5. The van der Waals surface area contributed by atoms with E-state index in [4.69, 9.17) is 0 Å². The van der Waals surface area contributed by atoms with Crippen LogP contribution in [0.3, 0.4) is 0 Å². The molecule has 4 rings (SSSR count). The summed E-state index contributed by atoms with van der Waals surface area (Å²) in [4.78, 5) is 24.3. The number of carbonyl (C=O) groups excluding carboxylic acids is 1. The van der Waals surface area contributed by atoms with Crippen LogP contribution in [-0.4, -0.2) is 23.0 Å². The molecule has 146 valence electrons. The molecule has 0 saturated heterocycles. The maximum atomic E-state index is 12.5. The van der Waals surface area contributed by atoms with Crippen LogP contribution in [0.5, 0.6) is 0 Å². The van der Waals surface area contributed by atoms with Crippen LogP contribution in [0.25, 0.3) is 0 Å². The molecule has 5 heteroatoms. The van der Waals surface area contributed by atoms with Crippen LogP contribution in [0, 0.1) is 51.8 Å². The first-order valence-corrected chi connectivity index (χ1v) is 10.4. The van der Waals surface area contributed by atoms with Gasteiger partial charge in [-0.25, -0.2) is 0 Å². The van der Waals surface area contributed by atoms with E-state index in [1.807, 2.05) is 0 Å². The van der Waals surface area contributed by atoms with Gasteiger partial charge in [-0.15, -0.1) is 0 Å². The molecule has 3 fully saturated rings. The van der Waals surface area contributed by atoms with Crippen molar-refractivity contribution in [3.8, 4) is 6.07 Å². The van der Waals surface area contributed by atoms with Crippen LogP contribution < -0.4 is 5.32 Å². The molecule has 0 spiro atoms. The third-order valence-corrected chi connectivity index (χ3v) is 8.77. The molecule has 2 N–H and O–H groups in total. The number of hydrogen-bond donors (Lipinski definition) is 2. The number of amides is 1. The van der Waals surface area contributed by atoms with Crippen molar-refractivity contribution in [1.29, 1.82) is 5.26 Å². The van der Waals surface area contributed by atoms with E-state index in [9.17, 15) is 20.0 Å². The largest absolute Gasteiger partial charge is 0.481 e. The number of aliphatic carboxylic acids is 1. The van der Waals surface area contributed by atoms with E-state index in [1.165, 1.54) is 0 Å². The maximum Gasteiger partial charge on any atom is 0.307 e. The Kier molecular flexibility index (Phi) is 4.18. The molecule has 5 nitrogen and oxygen atoms in total. The van der Waals surface area contributed by atoms with E-state index in [1.54, 1.807) is 6.92 Å². The van der Waals surface area contributed by atoms with Crippen molar-refractivity contribution in [3.05, 3.63) is 11.6 Å². The summed E-state index contributed by atoms with van der Waals surface area (Å²) in [5.41, 5.74) is 0.376. The number of fused-ring (bicyclic) bond motifs is 5. The standard InChI is InChI=1S/C22H30N2O3/c1-12(11-23)14-10-22(3)16-8-9-21(2)15(5-6-17(21)20(26)27)13(16)4-7-18(22)24-19(14)25/h10,12-13,15-18H,4-9H2,1-3H3,(H,24,25)(H,26,27)/t12?,13-,15-,16-,17+,18+,21-,22+/m0/s1. The smallest absolute Gasteiger partial charge is 0.307 e. The Morgan fingerprint density at radius 2 is 2.00 bits per heavy atom. The van der Waals surface area contributed by atoms with Crippen molar-refractivity contribution >= 4 is 11.9 Å². The number of nitrogens with one attached hydrogen (secondary N) is 1. The molecule has 1 heterocycles. The summed E-state index contributed by atoms with van der Waals surface area (Å²) in [6.45, 7) is 6.25. The van der Waals surface area contributed by atoms with Gasteiger partial charge in [0, 0.05) is 17.0 Å². The van der Waals surface area contributed by atoms with Gasteiger partial charge in [-0.1, -0.05) is 19.9 Å². The van der Waals surface area contributed by atoms with E-state index in [2.05, 4.69) is 31.3 Å². The number of hydrogen-bond acceptors (Lipinski definition) is 3. The normalized spacial score (nSPS) is 46.8. The summed E-state index contributed by atoms with van der Waals surface area (Å²) in [6, 6.07) is 2.34. The molecule has 1 aliphatic heterocycles. The Bertz CT molecular complexity index is 753. The van der Waals surface area contributed by atoms with E-state index in [0.717, 1.165) is 38.5 Å². The lowest BCUT2D eigenvalue weighted by atomic mass is 9.47. The minimum Gasteiger partial charge on any atom is -0.481 e. The van der Waals surface area contributed by atoms with Gasteiger partial charge in [-0.3, -0.25) is 9.59 Å². The highest BCUT2D eigenvalue weighted by atomic mass is 16.4. The van der Waals surface area contributed by atoms with Gasteiger partial charge < -0.3 is 10.4 Å². The fraction of sp³-hybridized carbons (Fsp3) is 0.773. The number of nitriles is 1. The number of carboxylic acids is 1. The van der Waals surface area contributed by atoms with Crippen molar-refractivity contribution in [2.45, 2.75) is 65.3 Å². The summed E-state index contributed by atoms with van der Waals surface area (Å²) in [6.07, 6.45) is 7.88. The predicted octanol–water partition coefficient (Wildman–Crippen LogP) is 3.51. The summed E-state index contributed by atoms with van der Waals surface area (Å²) >= 11 is 0. The molecule has 1 amide bonds. The second kappa shape index (κ2) is 6.09. The van der Waals surface area contributed by atoms with Crippen molar-refractivity contribution in [2.75, 3.05) is 0 Å². The zero-order valence-electron chi connectivity index (χ0n) is 16.5. The lowest BCUT2D eigenvalue weighted by molar-refractivity contribution is -0.150. The summed E-state index contributed by atoms with van der Waals surface area (Å²) in [7, 11) is 0. The van der Waals surface area contributed by atoms with Crippen molar-refractivity contribution in [2.24, 2.45) is 40.4 Å². The van der Waals surface area contributed by atoms with Crippen LogP contribution in [0.1, 0.15) is 59.3 Å². The summed E-state index contributed by atoms with van der Waals surface area (Å²) in [5.74, 6) is 0.0796. The summed E-state index contributed by atoms with van der Waals surface area (Å²) < 4.78 is 0. The fourth-order valence-electron chi connectivity index (χ4n) is 7.27. The molecule has 27 heavy (non-hydrogen) atoms. The zero-order chi connectivity index (χ0) is 19.6. The van der Waals surface area contributed by atoms with Crippen LogP contribution in [0.2, 0.25) is 0 Å². The molecule has 0 aromatic rings. The average molecular weight is 370 g/mol. The second-order valence-corrected chi connectivity index (χ2v) is 9.81. The molecule has 1 unspecified atom stereocenters. The lowest BCUT2D eigenvalue weighted by Gasteiger charge is -2.59. The Hall–Kier alpha value is -1.83. The monoisotopic (exact) mass is 370 g/mol. The molecule has 8 atom stereocenters. The first-order valence-electron chi connectivity index (χ1n) is 10.4. The van der Waals surface area contributed by atoms with Gasteiger partial charge in [-0.2, -0.15) is 5.26 Å². The first kappa shape index (κ1) is 18.5. The van der Waals surface area contributed by atoms with Crippen LogP contribution in [0.15, 0.2) is 11.6 Å². The van der Waals surface area contributed by atoms with Crippen molar-refractivity contribution in [1.82, 2.24) is 5.32 Å². The molecule has 3 saturated carbocycles. The third-order valence-electron chi connectivity index (χ3n) is 8.77. The van der Waals surface area contributed by atoms with Gasteiger partial charge in [0.15, 0.2) is 0 Å². The van der Waals surface area contributed by atoms with Gasteiger partial charge in [0.05, 0.1) is 17.9 Å². The van der Waals surface area contributed by atoms with Crippen molar-refractivity contribution in [3.63, 3.8) is 0 Å². The number of rotatable bonds is 2. The highest BCUT2D eigenvalue weighted by Gasteiger charge is 2.61.